The van der Waals surface area contributed by atoms with Crippen LogP contribution in [0.2, 0.25) is 0 Å². The van der Waals surface area contributed by atoms with Gasteiger partial charge in [0, 0.05) is 0 Å². The van der Waals surface area contributed by atoms with Gasteiger partial charge in [0.05, 0.1) is 0 Å². The van der Waals surface area contributed by atoms with E-state index in [4.69, 9.17) is 0 Å². The molecule has 0 aromatic rings. The van der Waals surface area contributed by atoms with Gasteiger partial charge in [-0.25, -0.2) is 0 Å². The van der Waals surface area contributed by atoms with Crippen LogP contribution in [0.4, 0.5) is 0 Å². The van der Waals surface area contributed by atoms with Gasteiger partial charge in [-0.3, -0.25) is 0 Å². The highest BCUT2D eigenvalue weighted by Crippen LogP contribution is 1.81. The highest BCUT2D eigenvalue weighted by molar-refractivity contribution is 4.21. The number of hydrogen-bond acceptors (Lipinski definition) is 1. The number of hydrogen-bond donors (Lipinski definition) is 1. The van der Waals surface area contributed by atoms with E-state index in [0.29, 0.717) is 0 Å². The molecule has 17 heavy (non-hydrogen) atoms. The van der Waals surface area contributed by atoms with Crippen molar-refractivity contribution in [1.82, 2.24) is 6.15 Å². The average Bonchev–Trinajstić information content (AvgIpc) is 2.09. The summed E-state index contributed by atoms with van der Waals surface area (Å²) < 4.78 is 0. The zero-order valence-electron chi connectivity index (χ0n) is 14.6. The Hall–Kier alpha value is -0.0400. The third kappa shape index (κ3) is 1940000. The Morgan fingerprint density at radius 3 is 0.588 bits per heavy atom. The minimum atomic E-state index is 0. The van der Waals surface area contributed by atoms with E-state index in [9.17, 15) is 0 Å². The van der Waals surface area contributed by atoms with E-state index in [1.807, 2.05) is 27.7 Å². The standard InChI is InChI=1S/2C4H10.C3H8.2C2H6.CH4.H3N/c2*1-4(2)3;1-3-2;2*1-2;;/h2*4H,1-3H3;3H2,1-2H3;2*1-2H3;1H4;1H3. The predicted octanol–water partition coefficient (Wildman–Crippen LogP) is 7.59. The van der Waals surface area contributed by atoms with Crippen LogP contribution in [-0.4, -0.2) is 0 Å². The zero-order valence-corrected chi connectivity index (χ0v) is 14.6. The Balaban J connectivity index is -0.0000000148. The molecule has 0 heterocycles. The van der Waals surface area contributed by atoms with Gasteiger partial charge >= 0.3 is 0 Å². The second kappa shape index (κ2) is 73.7. The normalized spacial score (nSPS) is 6.00. The van der Waals surface area contributed by atoms with Crippen LogP contribution in [0.15, 0.2) is 0 Å². The summed E-state index contributed by atoms with van der Waals surface area (Å²) in [5.41, 5.74) is 0. The van der Waals surface area contributed by atoms with E-state index in [1.54, 1.807) is 0 Å². The third-order valence-corrected chi connectivity index (χ3v) is 0. The summed E-state index contributed by atoms with van der Waals surface area (Å²) in [7, 11) is 0. The fraction of sp³-hybridized carbons (Fsp3) is 1.00. The molecule has 0 aliphatic carbocycles. The Bertz CT molecular complexity index is 29.3. The van der Waals surface area contributed by atoms with E-state index in [2.05, 4.69) is 55.4 Å². The van der Waals surface area contributed by atoms with Crippen molar-refractivity contribution in [3.63, 3.8) is 0 Å². The Kier molecular flexibility index (Phi) is 189. The fourth-order valence-corrected chi connectivity index (χ4v) is 0. The van der Waals surface area contributed by atoms with Gasteiger partial charge in [0.25, 0.3) is 0 Å². The Morgan fingerprint density at radius 2 is 0.588 bits per heavy atom. The quantitative estimate of drug-likeness (QED) is 0.474. The smallest absolute Gasteiger partial charge is 0.0500 e. The molecule has 0 rings (SSSR count). The van der Waals surface area contributed by atoms with Gasteiger partial charge in [0.1, 0.15) is 0 Å². The summed E-state index contributed by atoms with van der Waals surface area (Å²) in [6.07, 6.45) is 1.25. The van der Waals surface area contributed by atoms with Crippen LogP contribution in [0.1, 0.15) is 96.9 Å². The fourth-order valence-electron chi connectivity index (χ4n) is 0. The molecule has 0 unspecified atom stereocenters. The van der Waals surface area contributed by atoms with Crippen LogP contribution in [-0.2, 0) is 0 Å². The highest BCUT2D eigenvalue weighted by atomic mass is 14.0. The summed E-state index contributed by atoms with van der Waals surface area (Å²) in [6, 6.07) is 0. The maximum absolute atomic E-state index is 2.17. The van der Waals surface area contributed by atoms with E-state index >= 15 is 0 Å². The average molecular weight is 254 g/mol. The van der Waals surface area contributed by atoms with Crippen molar-refractivity contribution >= 4 is 0 Å². The molecule has 0 atom stereocenters. The molecule has 0 amide bonds. The molecule has 1 nitrogen and oxygen atoms in total. The van der Waals surface area contributed by atoms with Gasteiger partial charge in [-0.2, -0.15) is 0 Å². The van der Waals surface area contributed by atoms with E-state index in [-0.39, 0.29) is 13.6 Å². The van der Waals surface area contributed by atoms with Gasteiger partial charge < -0.3 is 6.15 Å². The molecule has 3 N–H and O–H groups in total. The molecule has 0 bridgehead atoms. The highest BCUT2D eigenvalue weighted by Gasteiger charge is 1.68. The minimum Gasteiger partial charge on any atom is -0.344 e. The van der Waals surface area contributed by atoms with Crippen molar-refractivity contribution in [1.29, 1.82) is 0 Å². The molecule has 0 aliphatic heterocycles. The van der Waals surface area contributed by atoms with Gasteiger partial charge in [-0.05, 0) is 11.8 Å². The lowest BCUT2D eigenvalue weighted by Crippen LogP contribution is -1.66. The first-order valence-electron chi connectivity index (χ1n) is 6.88. The van der Waals surface area contributed by atoms with Crippen LogP contribution in [0.5, 0.6) is 0 Å². The molecule has 1 heteroatoms. The van der Waals surface area contributed by atoms with Crippen LogP contribution >= 0.6 is 0 Å². The second-order valence-corrected chi connectivity index (χ2v) is 4.17. The van der Waals surface area contributed by atoms with Crippen molar-refractivity contribution in [3.05, 3.63) is 0 Å². The lowest BCUT2D eigenvalue weighted by atomic mass is 10.3. The molecule has 0 fully saturated rings. The second-order valence-electron chi connectivity index (χ2n) is 4.17. The zero-order chi connectivity index (χ0) is 13.9. The van der Waals surface area contributed by atoms with E-state index in [1.165, 1.54) is 6.42 Å². The first-order chi connectivity index (χ1) is 6.88. The van der Waals surface area contributed by atoms with E-state index in [0.717, 1.165) is 11.8 Å². The maximum Gasteiger partial charge on any atom is -0.0500 e. The molecule has 0 saturated heterocycles. The maximum atomic E-state index is 2.17. The van der Waals surface area contributed by atoms with Gasteiger partial charge in [0.2, 0.25) is 0 Å². The summed E-state index contributed by atoms with van der Waals surface area (Å²) in [5, 5.41) is 0. The van der Waals surface area contributed by atoms with Crippen LogP contribution in [0.25, 0.3) is 0 Å². The van der Waals surface area contributed by atoms with Crippen molar-refractivity contribution in [2.24, 2.45) is 11.8 Å². The van der Waals surface area contributed by atoms with Gasteiger partial charge in [-0.1, -0.05) is 96.9 Å². The topological polar surface area (TPSA) is 35.0 Å². The summed E-state index contributed by atoms with van der Waals surface area (Å²) in [5.74, 6) is 1.67. The third-order valence-electron chi connectivity index (χ3n) is 0. The number of rotatable bonds is 0. The molecule has 0 radical (unpaired) electrons. The first kappa shape index (κ1) is 43.5. The molecular weight excluding hydrogens is 206 g/mol. The predicted molar refractivity (Wildman–Crippen MR) is 91.4 cm³/mol. The summed E-state index contributed by atoms with van der Waals surface area (Å²) >= 11 is 0. The monoisotopic (exact) mass is 253 g/mol. The van der Waals surface area contributed by atoms with Crippen molar-refractivity contribution in [3.8, 4) is 0 Å². The first-order valence-corrected chi connectivity index (χ1v) is 6.88. The molecule has 0 aliphatic rings. The van der Waals surface area contributed by atoms with Crippen LogP contribution in [0.3, 0.4) is 0 Å². The molecule has 0 saturated carbocycles. The summed E-state index contributed by atoms with van der Waals surface area (Å²) in [6.45, 7) is 25.2. The lowest BCUT2D eigenvalue weighted by Gasteiger charge is -1.79. The minimum absolute atomic E-state index is 0. The van der Waals surface area contributed by atoms with Crippen LogP contribution in [0, 0.1) is 11.8 Å². The largest absolute Gasteiger partial charge is 0.344 e. The molecule has 116 valence electrons. The van der Waals surface area contributed by atoms with Crippen molar-refractivity contribution < 1.29 is 0 Å². The SMILES string of the molecule is C.CC.CC.CC(C)C.CC(C)C.CCC.N. The van der Waals surface area contributed by atoms with Gasteiger partial charge in [-0.15, -0.1) is 0 Å². The molecule has 0 aromatic heterocycles. The Labute approximate surface area is 115 Å². The van der Waals surface area contributed by atoms with E-state index < -0.39 is 0 Å². The molecule has 0 aromatic carbocycles. The lowest BCUT2D eigenvalue weighted by molar-refractivity contribution is 0.736. The van der Waals surface area contributed by atoms with Gasteiger partial charge in [0.15, 0.2) is 0 Å². The molecular formula is C16H47N. The molecule has 0 spiro atoms. The Morgan fingerprint density at radius 1 is 0.588 bits per heavy atom. The summed E-state index contributed by atoms with van der Waals surface area (Å²) in [4.78, 5) is 0. The van der Waals surface area contributed by atoms with Crippen molar-refractivity contribution in [2.75, 3.05) is 0 Å². The van der Waals surface area contributed by atoms with Crippen molar-refractivity contribution in [2.45, 2.75) is 96.9 Å². The van der Waals surface area contributed by atoms with Crippen LogP contribution < -0.4 is 6.15 Å².